The smallest absolute Gasteiger partial charge is 0.412 e. The molecule has 31 heavy (non-hydrogen) atoms. The van der Waals surface area contributed by atoms with Gasteiger partial charge in [0.2, 0.25) is 0 Å². The standard InChI is InChI=1S/C26H47FPSi2.Li/c1-24(2,3)19-16-20(25(4,5)6)22(21(17-19)26(7,8)9)28(18-27)23(29(10,11)12)30(13,14)15;/h16-17H,1-15H3;/q-1;+1. The molecule has 0 radical (unpaired) electrons. The first kappa shape index (κ1) is 31.4. The normalized spacial score (nSPS) is 14.7. The Bertz CT molecular complexity index is 746. The maximum absolute atomic E-state index is 14.9. The molecular weight excluding hydrogens is 425 g/mol. The van der Waals surface area contributed by atoms with Crippen LogP contribution in [-0.2, 0) is 16.2 Å². The van der Waals surface area contributed by atoms with E-state index in [4.69, 9.17) is 0 Å². The maximum Gasteiger partial charge on any atom is 1.00 e. The van der Waals surface area contributed by atoms with Crippen LogP contribution < -0.4 is 24.2 Å². The molecule has 1 rings (SSSR count). The van der Waals surface area contributed by atoms with E-state index in [0.717, 1.165) is 0 Å². The molecule has 172 valence electrons. The Morgan fingerprint density at radius 1 is 0.710 bits per heavy atom. The van der Waals surface area contributed by atoms with E-state index in [9.17, 15) is 4.39 Å². The Labute approximate surface area is 209 Å². The van der Waals surface area contributed by atoms with Gasteiger partial charge in [0.1, 0.15) is 0 Å². The minimum absolute atomic E-state index is 0. The SMILES string of the molecule is CC(C)(C)c1cc(C(C)(C)C)c([P+](=[C-]F)[C-]([Si](C)(C)C)[Si](C)(C)C)c(C(C)(C)C)c1.[Li+]. The van der Waals surface area contributed by atoms with Crippen LogP contribution in [0.1, 0.15) is 79.0 Å². The Kier molecular flexibility index (Phi) is 10.0. The summed E-state index contributed by atoms with van der Waals surface area (Å²) in [5.74, 6) is 0. The number of hydrogen-bond donors (Lipinski definition) is 0. The fraction of sp³-hybridized carbons (Fsp3) is 0.692. The van der Waals surface area contributed by atoms with Crippen molar-refractivity contribution in [2.24, 2.45) is 0 Å². The molecule has 0 heterocycles. The Hall–Kier alpha value is 0.351. The molecule has 0 fully saturated rings. The van der Waals surface area contributed by atoms with Crippen LogP contribution in [0.2, 0.25) is 39.3 Å². The molecule has 0 N–H and O–H groups in total. The summed E-state index contributed by atoms with van der Waals surface area (Å²) in [7, 11) is -4.59. The largest absolute Gasteiger partial charge is 1.00 e. The molecule has 0 nitrogen and oxygen atoms in total. The molecule has 0 aliphatic rings. The predicted octanol–water partition coefficient (Wildman–Crippen LogP) is 5.58. The van der Waals surface area contributed by atoms with Gasteiger partial charge in [-0.05, 0) is 21.8 Å². The number of halogens is 1. The third-order valence-electron chi connectivity index (χ3n) is 5.54. The van der Waals surface area contributed by atoms with E-state index in [2.05, 4.69) is 120 Å². The summed E-state index contributed by atoms with van der Waals surface area (Å²) in [6.45, 7) is 34.9. The van der Waals surface area contributed by atoms with E-state index in [0.29, 0.717) is 0 Å². The summed E-state index contributed by atoms with van der Waals surface area (Å²) in [6.07, 6.45) is 0. The average Bonchev–Trinajstić information content (AvgIpc) is 2.45. The van der Waals surface area contributed by atoms with Gasteiger partial charge in [-0.15, -0.1) is 11.0 Å². The van der Waals surface area contributed by atoms with Gasteiger partial charge < -0.3 is 4.39 Å². The number of rotatable bonds is 4. The third-order valence-corrected chi connectivity index (χ3v) is 19.8. The first-order chi connectivity index (χ1) is 13.0. The second-order valence-corrected chi connectivity index (χ2v) is 27.0. The molecule has 1 unspecified atom stereocenters. The summed E-state index contributed by atoms with van der Waals surface area (Å²) >= 11 is 0. The van der Waals surface area contributed by atoms with Crippen LogP contribution in [0.15, 0.2) is 12.1 Å². The second-order valence-electron chi connectivity index (χ2n) is 13.9. The average molecular weight is 473 g/mol. The monoisotopic (exact) mass is 472 g/mol. The van der Waals surface area contributed by atoms with Crippen molar-refractivity contribution < 1.29 is 23.3 Å². The molecule has 0 bridgehead atoms. The van der Waals surface area contributed by atoms with Crippen LogP contribution in [0.3, 0.4) is 0 Å². The Balaban J connectivity index is 0.00000900. The summed E-state index contributed by atoms with van der Waals surface area (Å²) in [6, 6.07) is 7.17. The van der Waals surface area contributed by atoms with Crippen LogP contribution in [0.4, 0.5) is 4.39 Å². The van der Waals surface area contributed by atoms with Gasteiger partial charge >= 0.3 is 18.9 Å². The Morgan fingerprint density at radius 2 is 1.03 bits per heavy atom. The first-order valence-corrected chi connectivity index (χ1v) is 19.6. The van der Waals surface area contributed by atoms with Crippen LogP contribution in [0, 0.1) is 4.91 Å². The van der Waals surface area contributed by atoms with Gasteiger partial charge in [-0.25, -0.2) is 0 Å². The van der Waals surface area contributed by atoms with Gasteiger partial charge in [-0.2, -0.15) is 7.55 Å². The van der Waals surface area contributed by atoms with Crippen molar-refractivity contribution in [1.82, 2.24) is 0 Å². The minimum Gasteiger partial charge on any atom is -0.412 e. The van der Waals surface area contributed by atoms with Crippen LogP contribution in [-0.4, -0.2) is 22.2 Å². The van der Waals surface area contributed by atoms with Crippen molar-refractivity contribution in [3.8, 4) is 0 Å². The van der Waals surface area contributed by atoms with E-state index < -0.39 is 23.7 Å². The minimum atomic E-state index is -1.70. The fourth-order valence-electron chi connectivity index (χ4n) is 4.44. The van der Waals surface area contributed by atoms with E-state index in [1.165, 1.54) is 26.9 Å². The number of hydrogen-bond acceptors (Lipinski definition) is 0. The molecule has 1 atom stereocenters. The van der Waals surface area contributed by atoms with E-state index >= 15 is 0 Å². The van der Waals surface area contributed by atoms with Gasteiger partial charge in [-0.1, -0.05) is 130 Å². The number of benzene rings is 1. The van der Waals surface area contributed by atoms with E-state index in [-0.39, 0.29) is 35.1 Å². The second kappa shape index (κ2) is 9.92. The first-order valence-electron chi connectivity index (χ1n) is 11.3. The molecule has 0 aromatic heterocycles. The third kappa shape index (κ3) is 7.68. The zero-order valence-electron chi connectivity index (χ0n) is 23.5. The van der Waals surface area contributed by atoms with Crippen molar-refractivity contribution >= 4 is 35.0 Å². The van der Waals surface area contributed by atoms with Crippen molar-refractivity contribution in [3.63, 3.8) is 0 Å². The maximum atomic E-state index is 14.9. The van der Waals surface area contributed by atoms with Crippen molar-refractivity contribution in [3.05, 3.63) is 33.7 Å². The van der Waals surface area contributed by atoms with Gasteiger partial charge in [0.05, 0.1) is 5.30 Å². The molecule has 0 aliphatic heterocycles. The molecule has 0 saturated heterocycles. The molecule has 0 saturated carbocycles. The van der Waals surface area contributed by atoms with Gasteiger partial charge in [0.25, 0.3) is 0 Å². The molecule has 1 aromatic carbocycles. The summed E-state index contributed by atoms with van der Waals surface area (Å²) in [5, 5.41) is 1.25. The van der Waals surface area contributed by atoms with Crippen molar-refractivity contribution in [2.75, 3.05) is 0 Å². The molecule has 1 aromatic rings. The quantitative estimate of drug-likeness (QED) is 0.305. The molecular formula is C26H47FLiPSi2. The summed E-state index contributed by atoms with van der Waals surface area (Å²) in [4.78, 5) is 1.53. The van der Waals surface area contributed by atoms with Crippen molar-refractivity contribution in [2.45, 2.75) is 118 Å². The molecule has 5 heteroatoms. The summed E-state index contributed by atoms with van der Waals surface area (Å²) in [5.41, 5.74) is 3.90. The van der Waals surface area contributed by atoms with E-state index in [1.807, 2.05) is 0 Å². The van der Waals surface area contributed by atoms with Crippen molar-refractivity contribution in [1.29, 1.82) is 0 Å². The fourth-order valence-corrected chi connectivity index (χ4v) is 21.4. The molecule has 0 aliphatic carbocycles. The van der Waals surface area contributed by atoms with Gasteiger partial charge in [0, 0.05) is 11.1 Å². The van der Waals surface area contributed by atoms with Crippen LogP contribution in [0.25, 0.3) is 0 Å². The van der Waals surface area contributed by atoms with Crippen LogP contribution >= 0.6 is 7.55 Å². The van der Waals surface area contributed by atoms with Gasteiger partial charge in [0.15, 0.2) is 0 Å². The zero-order chi connectivity index (χ0) is 24.1. The van der Waals surface area contributed by atoms with Gasteiger partial charge in [-0.3, -0.25) is 0 Å². The van der Waals surface area contributed by atoms with E-state index in [1.54, 1.807) is 0 Å². The predicted molar refractivity (Wildman–Crippen MR) is 145 cm³/mol. The topological polar surface area (TPSA) is 0 Å². The molecule has 0 amide bonds. The van der Waals surface area contributed by atoms with Crippen LogP contribution in [0.5, 0.6) is 0 Å². The summed E-state index contributed by atoms with van der Waals surface area (Å²) < 4.78 is 14.9. The molecule has 0 spiro atoms. The zero-order valence-corrected chi connectivity index (χ0v) is 26.4. The Morgan fingerprint density at radius 3 is 1.23 bits per heavy atom.